The summed E-state index contributed by atoms with van der Waals surface area (Å²) >= 11 is 0. The van der Waals surface area contributed by atoms with E-state index in [2.05, 4.69) is 10.9 Å². The molecule has 12 heavy (non-hydrogen) atoms. The molecule has 0 fully saturated rings. The maximum atomic E-state index is 9.55. The van der Waals surface area contributed by atoms with Crippen LogP contribution in [-0.4, -0.2) is 18.7 Å². The molecule has 0 aliphatic carbocycles. The molecule has 1 unspecified atom stereocenters. The number of rotatable bonds is 4. The second-order valence-corrected chi connectivity index (χ2v) is 2.56. The van der Waals surface area contributed by atoms with Gasteiger partial charge in [0.25, 0.3) is 0 Å². The lowest BCUT2D eigenvalue weighted by molar-refractivity contribution is 0.170. The van der Waals surface area contributed by atoms with E-state index in [0.717, 1.165) is 5.56 Å². The molecule has 0 aliphatic rings. The molecule has 0 heterocycles. The van der Waals surface area contributed by atoms with Crippen LogP contribution in [0.1, 0.15) is 11.7 Å². The van der Waals surface area contributed by atoms with Gasteiger partial charge in [0.2, 0.25) is 0 Å². The first kappa shape index (κ1) is 9.19. The van der Waals surface area contributed by atoms with Gasteiger partial charge < -0.3 is 5.11 Å². The summed E-state index contributed by atoms with van der Waals surface area (Å²) in [6.07, 6.45) is -0.446. The Bertz CT molecular complexity index is 213. The molecule has 0 spiro atoms. The van der Waals surface area contributed by atoms with Gasteiger partial charge >= 0.3 is 0 Å². The molecule has 1 aromatic carbocycles. The number of aliphatic hydroxyl groups excluding tert-OH is 1. The second-order valence-electron chi connectivity index (χ2n) is 2.56. The van der Waals surface area contributed by atoms with Gasteiger partial charge in [-0.05, 0) is 12.6 Å². The first-order valence-electron chi connectivity index (χ1n) is 3.97. The second kappa shape index (κ2) is 4.87. The molecule has 1 rings (SSSR count). The third-order valence-electron chi connectivity index (χ3n) is 1.66. The largest absolute Gasteiger partial charge is 0.387 e. The predicted octanol–water partition coefficient (Wildman–Crippen LogP) is 0.444. The Kier molecular flexibility index (Phi) is 3.73. The maximum absolute atomic E-state index is 9.55. The van der Waals surface area contributed by atoms with Crippen LogP contribution in [0.3, 0.4) is 0 Å². The first-order valence-corrected chi connectivity index (χ1v) is 3.97. The molecular weight excluding hydrogens is 152 g/mol. The van der Waals surface area contributed by atoms with Crippen LogP contribution in [0.2, 0.25) is 0 Å². The van der Waals surface area contributed by atoms with E-state index in [-0.39, 0.29) is 0 Å². The number of nitrogens with one attached hydrogen (secondary N) is 2. The minimum atomic E-state index is -0.446. The minimum absolute atomic E-state index is 0.446. The van der Waals surface area contributed by atoms with Gasteiger partial charge in [-0.15, -0.1) is 0 Å². The summed E-state index contributed by atoms with van der Waals surface area (Å²) in [5, 5.41) is 9.55. The van der Waals surface area contributed by atoms with Crippen molar-refractivity contribution in [2.75, 3.05) is 13.6 Å². The minimum Gasteiger partial charge on any atom is -0.387 e. The Morgan fingerprint density at radius 2 is 2.00 bits per heavy atom. The van der Waals surface area contributed by atoms with Crippen molar-refractivity contribution >= 4 is 0 Å². The number of hydrazine groups is 1. The zero-order valence-corrected chi connectivity index (χ0v) is 7.12. The predicted molar refractivity (Wildman–Crippen MR) is 48.5 cm³/mol. The molecule has 3 nitrogen and oxygen atoms in total. The lowest BCUT2D eigenvalue weighted by atomic mass is 10.1. The van der Waals surface area contributed by atoms with Crippen LogP contribution in [0.15, 0.2) is 30.3 Å². The highest BCUT2D eigenvalue weighted by atomic mass is 16.3. The van der Waals surface area contributed by atoms with Crippen molar-refractivity contribution in [3.05, 3.63) is 35.9 Å². The molecule has 3 N–H and O–H groups in total. The smallest absolute Gasteiger partial charge is 0.0928 e. The molecular formula is C9H14N2O. The van der Waals surface area contributed by atoms with Crippen LogP contribution < -0.4 is 10.9 Å². The highest BCUT2D eigenvalue weighted by Crippen LogP contribution is 2.09. The van der Waals surface area contributed by atoms with Gasteiger partial charge in [0, 0.05) is 6.54 Å². The number of hydrogen-bond acceptors (Lipinski definition) is 3. The van der Waals surface area contributed by atoms with Gasteiger partial charge in [-0.25, -0.2) is 0 Å². The van der Waals surface area contributed by atoms with Crippen LogP contribution in [0.4, 0.5) is 0 Å². The number of aliphatic hydroxyl groups is 1. The fourth-order valence-corrected chi connectivity index (χ4v) is 0.992. The van der Waals surface area contributed by atoms with Crippen LogP contribution in [0.5, 0.6) is 0 Å². The Balaban J connectivity index is 2.48. The van der Waals surface area contributed by atoms with Crippen LogP contribution in [0, 0.1) is 0 Å². The maximum Gasteiger partial charge on any atom is 0.0928 e. The fourth-order valence-electron chi connectivity index (χ4n) is 0.992. The van der Waals surface area contributed by atoms with Crippen molar-refractivity contribution < 1.29 is 5.11 Å². The van der Waals surface area contributed by atoms with E-state index in [4.69, 9.17) is 0 Å². The normalized spacial score (nSPS) is 12.8. The molecule has 0 amide bonds. The summed E-state index contributed by atoms with van der Waals surface area (Å²) in [4.78, 5) is 0. The average Bonchev–Trinajstić information content (AvgIpc) is 2.15. The van der Waals surface area contributed by atoms with Gasteiger partial charge in [0.05, 0.1) is 6.10 Å². The van der Waals surface area contributed by atoms with Gasteiger partial charge in [-0.2, -0.15) is 0 Å². The molecule has 0 bridgehead atoms. The fraction of sp³-hybridized carbons (Fsp3) is 0.333. The van der Waals surface area contributed by atoms with E-state index in [1.165, 1.54) is 0 Å². The van der Waals surface area contributed by atoms with Crippen molar-refractivity contribution in [2.45, 2.75) is 6.10 Å². The summed E-state index contributed by atoms with van der Waals surface area (Å²) in [6, 6.07) is 9.57. The summed E-state index contributed by atoms with van der Waals surface area (Å²) in [7, 11) is 1.78. The lowest BCUT2D eigenvalue weighted by Crippen LogP contribution is -2.31. The van der Waals surface area contributed by atoms with E-state index in [1.54, 1.807) is 7.05 Å². The van der Waals surface area contributed by atoms with E-state index in [0.29, 0.717) is 6.54 Å². The quantitative estimate of drug-likeness (QED) is 0.569. The van der Waals surface area contributed by atoms with Crippen LogP contribution in [0.25, 0.3) is 0 Å². The van der Waals surface area contributed by atoms with Crippen molar-refractivity contribution in [1.82, 2.24) is 10.9 Å². The molecule has 0 aromatic heterocycles. The van der Waals surface area contributed by atoms with Crippen LogP contribution in [-0.2, 0) is 0 Å². The van der Waals surface area contributed by atoms with Crippen LogP contribution >= 0.6 is 0 Å². The van der Waals surface area contributed by atoms with Gasteiger partial charge in [0.1, 0.15) is 0 Å². The van der Waals surface area contributed by atoms with E-state index in [1.807, 2.05) is 30.3 Å². The highest BCUT2D eigenvalue weighted by Gasteiger charge is 2.04. The van der Waals surface area contributed by atoms with Gasteiger partial charge in [0.15, 0.2) is 0 Å². The zero-order chi connectivity index (χ0) is 8.81. The zero-order valence-electron chi connectivity index (χ0n) is 7.12. The highest BCUT2D eigenvalue weighted by molar-refractivity contribution is 5.17. The Morgan fingerprint density at radius 1 is 1.33 bits per heavy atom. The lowest BCUT2D eigenvalue weighted by Gasteiger charge is -2.10. The van der Waals surface area contributed by atoms with Gasteiger partial charge in [-0.3, -0.25) is 10.9 Å². The van der Waals surface area contributed by atoms with Crippen molar-refractivity contribution in [3.8, 4) is 0 Å². The molecule has 3 heteroatoms. The summed E-state index contributed by atoms with van der Waals surface area (Å²) < 4.78 is 0. The third-order valence-corrected chi connectivity index (χ3v) is 1.66. The monoisotopic (exact) mass is 166 g/mol. The standard InChI is InChI=1S/C9H14N2O/c1-10-11-7-9(12)8-5-3-2-4-6-8/h2-6,9-12H,7H2,1H3. The molecule has 0 radical (unpaired) electrons. The first-order chi connectivity index (χ1) is 5.84. The Hall–Kier alpha value is -0.900. The average molecular weight is 166 g/mol. The number of benzene rings is 1. The Morgan fingerprint density at radius 3 is 2.58 bits per heavy atom. The van der Waals surface area contributed by atoms with E-state index >= 15 is 0 Å². The molecule has 66 valence electrons. The van der Waals surface area contributed by atoms with E-state index in [9.17, 15) is 5.11 Å². The van der Waals surface area contributed by atoms with Crippen molar-refractivity contribution in [2.24, 2.45) is 0 Å². The SMILES string of the molecule is CNNCC(O)c1ccccc1. The van der Waals surface area contributed by atoms with Gasteiger partial charge in [-0.1, -0.05) is 30.3 Å². The topological polar surface area (TPSA) is 44.3 Å². The molecule has 0 aliphatic heterocycles. The van der Waals surface area contributed by atoms with Crippen molar-refractivity contribution in [3.63, 3.8) is 0 Å². The molecule has 0 saturated heterocycles. The molecule has 1 atom stereocenters. The molecule has 1 aromatic rings. The molecule has 0 saturated carbocycles. The number of hydrogen-bond donors (Lipinski definition) is 3. The Labute approximate surface area is 72.4 Å². The summed E-state index contributed by atoms with van der Waals surface area (Å²) in [5.41, 5.74) is 6.54. The third kappa shape index (κ3) is 2.62. The summed E-state index contributed by atoms with van der Waals surface area (Å²) in [6.45, 7) is 0.514. The van der Waals surface area contributed by atoms with Crippen molar-refractivity contribution in [1.29, 1.82) is 0 Å². The van der Waals surface area contributed by atoms with E-state index < -0.39 is 6.10 Å². The summed E-state index contributed by atoms with van der Waals surface area (Å²) in [5.74, 6) is 0.